The number of halogens is 1. The van der Waals surface area contributed by atoms with Crippen LogP contribution in [0.1, 0.15) is 21.0 Å². The third-order valence-corrected chi connectivity index (χ3v) is 4.52. The Kier molecular flexibility index (Phi) is 3.54. The van der Waals surface area contributed by atoms with Gasteiger partial charge in [-0.2, -0.15) is 0 Å². The maximum Gasteiger partial charge on any atom is 0.0547 e. The van der Waals surface area contributed by atoms with E-state index in [0.29, 0.717) is 4.83 Å². The molecule has 3 heteroatoms. The summed E-state index contributed by atoms with van der Waals surface area (Å²) in [4.78, 5) is 6.12. The first-order valence-corrected chi connectivity index (χ1v) is 6.65. The fourth-order valence-electron chi connectivity index (χ4n) is 1.50. The quantitative estimate of drug-likeness (QED) is 0.771. The molecule has 1 atom stereocenters. The van der Waals surface area contributed by atoms with E-state index in [2.05, 4.69) is 45.4 Å². The van der Waals surface area contributed by atoms with Crippen molar-refractivity contribution in [3.63, 3.8) is 0 Å². The number of thiophene rings is 1. The van der Waals surface area contributed by atoms with Gasteiger partial charge in [0, 0.05) is 23.2 Å². The average molecular weight is 282 g/mol. The van der Waals surface area contributed by atoms with Crippen molar-refractivity contribution in [1.82, 2.24) is 4.98 Å². The number of rotatable bonds is 3. The van der Waals surface area contributed by atoms with E-state index in [1.165, 1.54) is 10.4 Å². The number of aromatic nitrogens is 1. The molecular weight excluding hydrogens is 270 g/mol. The van der Waals surface area contributed by atoms with Crippen molar-refractivity contribution in [2.45, 2.75) is 18.2 Å². The molecule has 2 aromatic heterocycles. The largest absolute Gasteiger partial charge is 0.261 e. The summed E-state index contributed by atoms with van der Waals surface area (Å²) in [6.07, 6.45) is 2.79. The molecule has 1 unspecified atom stereocenters. The maximum absolute atomic E-state index is 4.33. The van der Waals surface area contributed by atoms with E-state index in [4.69, 9.17) is 0 Å². The zero-order valence-electron chi connectivity index (χ0n) is 8.48. The number of hydrogen-bond acceptors (Lipinski definition) is 2. The van der Waals surface area contributed by atoms with Gasteiger partial charge in [-0.1, -0.05) is 22.0 Å². The van der Waals surface area contributed by atoms with Gasteiger partial charge >= 0.3 is 0 Å². The molecule has 0 N–H and O–H groups in total. The highest BCUT2D eigenvalue weighted by Gasteiger charge is 2.12. The van der Waals surface area contributed by atoms with Crippen LogP contribution in [-0.4, -0.2) is 4.98 Å². The molecule has 2 aromatic rings. The van der Waals surface area contributed by atoms with Gasteiger partial charge in [-0.3, -0.25) is 4.98 Å². The molecule has 78 valence electrons. The molecule has 0 aliphatic carbocycles. The number of alkyl halides is 1. The highest BCUT2D eigenvalue weighted by Crippen LogP contribution is 2.32. The van der Waals surface area contributed by atoms with Gasteiger partial charge in [0.1, 0.15) is 0 Å². The Labute approximate surface area is 102 Å². The summed E-state index contributed by atoms with van der Waals surface area (Å²) in [7, 11) is 0. The summed E-state index contributed by atoms with van der Waals surface area (Å²) in [5.74, 6) is 0. The van der Waals surface area contributed by atoms with Crippen LogP contribution in [0.3, 0.4) is 0 Å². The van der Waals surface area contributed by atoms with Crippen LogP contribution in [0.15, 0.2) is 35.8 Å². The number of pyridine rings is 1. The Morgan fingerprint density at radius 3 is 2.87 bits per heavy atom. The van der Waals surface area contributed by atoms with E-state index < -0.39 is 0 Å². The second-order valence-corrected chi connectivity index (χ2v) is 5.51. The highest BCUT2D eigenvalue weighted by atomic mass is 79.9. The molecule has 0 aromatic carbocycles. The second kappa shape index (κ2) is 4.90. The van der Waals surface area contributed by atoms with Crippen LogP contribution in [0.2, 0.25) is 0 Å². The minimum Gasteiger partial charge on any atom is -0.261 e. The van der Waals surface area contributed by atoms with Crippen LogP contribution >= 0.6 is 27.3 Å². The fourth-order valence-corrected chi connectivity index (χ4v) is 3.42. The van der Waals surface area contributed by atoms with Crippen molar-refractivity contribution in [2.24, 2.45) is 0 Å². The molecule has 1 nitrogen and oxygen atoms in total. The Morgan fingerprint density at radius 2 is 2.27 bits per heavy atom. The first-order valence-electron chi connectivity index (χ1n) is 4.85. The van der Waals surface area contributed by atoms with E-state index in [9.17, 15) is 0 Å². The van der Waals surface area contributed by atoms with Crippen molar-refractivity contribution in [1.29, 1.82) is 0 Å². The van der Waals surface area contributed by atoms with Crippen molar-refractivity contribution in [3.05, 3.63) is 52.0 Å². The van der Waals surface area contributed by atoms with Gasteiger partial charge in [0.05, 0.1) is 4.83 Å². The summed E-state index contributed by atoms with van der Waals surface area (Å²) >= 11 is 5.53. The van der Waals surface area contributed by atoms with Gasteiger partial charge in [0.25, 0.3) is 0 Å². The van der Waals surface area contributed by atoms with Gasteiger partial charge in [0.15, 0.2) is 0 Å². The third kappa shape index (κ3) is 2.67. The Morgan fingerprint density at radius 1 is 1.40 bits per heavy atom. The molecular formula is C12H12BrNS. The normalized spacial score (nSPS) is 12.7. The summed E-state index contributed by atoms with van der Waals surface area (Å²) in [5, 5.41) is 2.14. The molecule has 0 amide bonds. The lowest BCUT2D eigenvalue weighted by molar-refractivity contribution is 0.914. The monoisotopic (exact) mass is 281 g/mol. The Bertz CT molecular complexity index is 424. The first-order chi connectivity index (χ1) is 7.27. The van der Waals surface area contributed by atoms with Crippen molar-refractivity contribution < 1.29 is 0 Å². The molecule has 0 aliphatic heterocycles. The zero-order chi connectivity index (χ0) is 10.7. The van der Waals surface area contributed by atoms with Crippen LogP contribution in [0, 0.1) is 6.92 Å². The molecule has 2 rings (SSSR count). The van der Waals surface area contributed by atoms with Gasteiger partial charge in [-0.25, -0.2) is 0 Å². The molecule has 0 saturated carbocycles. The minimum absolute atomic E-state index is 0.382. The van der Waals surface area contributed by atoms with Gasteiger partial charge in [-0.05, 0) is 36.1 Å². The lowest BCUT2D eigenvalue weighted by Gasteiger charge is -2.08. The third-order valence-electron chi connectivity index (χ3n) is 2.30. The maximum atomic E-state index is 4.33. The fraction of sp³-hybridized carbons (Fsp3) is 0.250. The molecule has 0 radical (unpaired) electrons. The molecule has 2 heterocycles. The molecule has 0 saturated heterocycles. The lowest BCUT2D eigenvalue weighted by atomic mass is 10.1. The SMILES string of the molecule is Cc1ccsc1C(Br)Cc1ccccn1. The Balaban J connectivity index is 2.11. The van der Waals surface area contributed by atoms with E-state index in [0.717, 1.165) is 12.1 Å². The van der Waals surface area contributed by atoms with Crippen molar-refractivity contribution in [2.75, 3.05) is 0 Å². The summed E-state index contributed by atoms with van der Waals surface area (Å²) in [6.45, 7) is 2.15. The molecule has 0 spiro atoms. The zero-order valence-corrected chi connectivity index (χ0v) is 10.9. The standard InChI is InChI=1S/C12H12BrNS/c1-9-5-7-15-12(9)11(13)8-10-4-2-3-6-14-10/h2-7,11H,8H2,1H3. The molecule has 0 aliphatic rings. The summed E-state index contributed by atoms with van der Waals surface area (Å²) < 4.78 is 0. The van der Waals surface area contributed by atoms with Crippen LogP contribution in [0.5, 0.6) is 0 Å². The Hall–Kier alpha value is -0.670. The van der Waals surface area contributed by atoms with Gasteiger partial charge < -0.3 is 0 Å². The van der Waals surface area contributed by atoms with Crippen molar-refractivity contribution in [3.8, 4) is 0 Å². The second-order valence-electron chi connectivity index (χ2n) is 3.46. The van der Waals surface area contributed by atoms with Crippen LogP contribution in [0.25, 0.3) is 0 Å². The summed E-state index contributed by atoms with van der Waals surface area (Å²) in [5.41, 5.74) is 2.49. The van der Waals surface area contributed by atoms with Gasteiger partial charge in [0.2, 0.25) is 0 Å². The van der Waals surface area contributed by atoms with E-state index in [1.807, 2.05) is 18.3 Å². The van der Waals surface area contributed by atoms with Crippen molar-refractivity contribution >= 4 is 27.3 Å². The molecule has 0 bridgehead atoms. The number of nitrogens with zero attached hydrogens (tertiary/aromatic N) is 1. The minimum atomic E-state index is 0.382. The van der Waals surface area contributed by atoms with Crippen LogP contribution in [-0.2, 0) is 6.42 Å². The predicted molar refractivity (Wildman–Crippen MR) is 68.7 cm³/mol. The van der Waals surface area contributed by atoms with E-state index in [1.54, 1.807) is 11.3 Å². The van der Waals surface area contributed by atoms with Crippen LogP contribution < -0.4 is 0 Å². The van der Waals surface area contributed by atoms with E-state index in [-0.39, 0.29) is 0 Å². The predicted octanol–water partition coefficient (Wildman–Crippen LogP) is 4.13. The van der Waals surface area contributed by atoms with Gasteiger partial charge in [-0.15, -0.1) is 11.3 Å². The highest BCUT2D eigenvalue weighted by molar-refractivity contribution is 9.09. The van der Waals surface area contributed by atoms with Crippen LogP contribution in [0.4, 0.5) is 0 Å². The smallest absolute Gasteiger partial charge is 0.0547 e. The van der Waals surface area contributed by atoms with E-state index >= 15 is 0 Å². The molecule has 0 fully saturated rings. The molecule has 15 heavy (non-hydrogen) atoms. The number of aryl methyl sites for hydroxylation is 1. The number of hydrogen-bond donors (Lipinski definition) is 0. The summed E-state index contributed by atoms with van der Waals surface area (Å²) in [6, 6.07) is 8.20. The lowest BCUT2D eigenvalue weighted by Crippen LogP contribution is -1.96. The topological polar surface area (TPSA) is 12.9 Å². The average Bonchev–Trinajstić information content (AvgIpc) is 2.66. The first kappa shape index (κ1) is 10.8.